The van der Waals surface area contributed by atoms with Crippen molar-refractivity contribution in [3.05, 3.63) is 64.9 Å². The number of benzene rings is 2. The fourth-order valence-electron chi connectivity index (χ4n) is 4.43. The monoisotopic (exact) mass is 508 g/mol. The summed E-state index contributed by atoms with van der Waals surface area (Å²) in [4.78, 5) is 16.6. The predicted molar refractivity (Wildman–Crippen MR) is 143 cm³/mol. The van der Waals surface area contributed by atoms with Crippen molar-refractivity contribution in [1.82, 2.24) is 29.5 Å². The van der Waals surface area contributed by atoms with Gasteiger partial charge in [-0.3, -0.25) is 4.90 Å². The third-order valence-electron chi connectivity index (χ3n) is 6.51. The molecule has 0 unspecified atom stereocenters. The molecule has 0 atom stereocenters. The maximum absolute atomic E-state index is 14.0. The Morgan fingerprint density at radius 3 is 2.47 bits per heavy atom. The van der Waals surface area contributed by atoms with Crippen LogP contribution in [-0.4, -0.2) is 82.9 Å². The molecule has 3 heterocycles. The summed E-state index contributed by atoms with van der Waals surface area (Å²) in [5.74, 6) is 0.575. The van der Waals surface area contributed by atoms with E-state index in [9.17, 15) is 4.39 Å². The highest BCUT2D eigenvalue weighted by atomic mass is 35.5. The number of halogens is 2. The van der Waals surface area contributed by atoms with Crippen molar-refractivity contribution in [1.29, 1.82) is 0 Å². The van der Waals surface area contributed by atoms with Gasteiger partial charge in [0.2, 0.25) is 5.95 Å². The Balaban J connectivity index is 1.52. The first-order valence-corrected chi connectivity index (χ1v) is 12.4. The molecule has 0 radical (unpaired) electrons. The zero-order valence-electron chi connectivity index (χ0n) is 20.5. The molecule has 2 N–H and O–H groups in total. The third-order valence-corrected chi connectivity index (χ3v) is 6.80. The second kappa shape index (κ2) is 10.4. The van der Waals surface area contributed by atoms with Gasteiger partial charge in [-0.15, -0.1) is 5.10 Å². The summed E-state index contributed by atoms with van der Waals surface area (Å²) >= 11 is 6.13. The highest BCUT2D eigenvalue weighted by Gasteiger charge is 2.24. The highest BCUT2D eigenvalue weighted by molar-refractivity contribution is 6.31. The summed E-state index contributed by atoms with van der Waals surface area (Å²) < 4.78 is 15.7. The minimum absolute atomic E-state index is 0.0329. The van der Waals surface area contributed by atoms with E-state index in [4.69, 9.17) is 32.4 Å². The molecule has 1 aliphatic heterocycles. The van der Waals surface area contributed by atoms with Crippen LogP contribution < -0.4 is 10.6 Å². The topological polar surface area (TPSA) is 79.3 Å². The van der Waals surface area contributed by atoms with Crippen molar-refractivity contribution in [2.24, 2.45) is 0 Å². The van der Waals surface area contributed by atoms with Crippen molar-refractivity contribution >= 4 is 34.4 Å². The summed E-state index contributed by atoms with van der Waals surface area (Å²) in [6.45, 7) is 6.03. The molecule has 0 aliphatic carbocycles. The second-order valence-corrected chi connectivity index (χ2v) is 9.77. The molecule has 10 heteroatoms. The molecule has 8 nitrogen and oxygen atoms in total. The molecule has 1 aliphatic rings. The smallest absolute Gasteiger partial charge is 0.228 e. The molecule has 2 aromatic carbocycles. The first-order valence-electron chi connectivity index (χ1n) is 12.0. The number of anilines is 2. The van der Waals surface area contributed by atoms with Crippen LogP contribution in [0.5, 0.6) is 0 Å². The Labute approximate surface area is 215 Å². The van der Waals surface area contributed by atoms with Crippen molar-refractivity contribution < 1.29 is 4.39 Å². The van der Waals surface area contributed by atoms with Gasteiger partial charge in [0.05, 0.1) is 22.6 Å². The lowest BCUT2D eigenvalue weighted by atomic mass is 10.1. The number of aromatic nitrogens is 4. The van der Waals surface area contributed by atoms with Gasteiger partial charge in [0.15, 0.2) is 5.65 Å². The van der Waals surface area contributed by atoms with Gasteiger partial charge in [0.1, 0.15) is 11.6 Å². The fourth-order valence-corrected chi connectivity index (χ4v) is 4.61. The Hall–Kier alpha value is -3.27. The van der Waals surface area contributed by atoms with Crippen LogP contribution in [0.25, 0.3) is 22.3 Å². The Morgan fingerprint density at radius 1 is 1.03 bits per heavy atom. The molecule has 188 valence electrons. The molecular formula is C26H30ClFN8. The van der Waals surface area contributed by atoms with E-state index in [1.54, 1.807) is 16.8 Å². The van der Waals surface area contributed by atoms with Gasteiger partial charge in [-0.1, -0.05) is 41.9 Å². The van der Waals surface area contributed by atoms with Gasteiger partial charge in [-0.2, -0.15) is 4.98 Å². The molecule has 4 aromatic rings. The van der Waals surface area contributed by atoms with Crippen LogP contribution in [-0.2, 0) is 6.54 Å². The lowest BCUT2D eigenvalue weighted by molar-refractivity contribution is 0.229. The number of piperazine rings is 1. The zero-order chi connectivity index (χ0) is 25.2. The van der Waals surface area contributed by atoms with Gasteiger partial charge in [-0.25, -0.2) is 14.1 Å². The molecule has 5 rings (SSSR count). The molecule has 0 spiro atoms. The number of fused-ring (bicyclic) bond motifs is 1. The van der Waals surface area contributed by atoms with Crippen LogP contribution in [0.2, 0.25) is 5.02 Å². The van der Waals surface area contributed by atoms with Gasteiger partial charge < -0.3 is 15.5 Å². The fraction of sp³-hybridized carbons (Fsp3) is 0.346. The number of hydrogen-bond donors (Lipinski definition) is 1. The number of nitrogens with two attached hydrogens (primary N) is 1. The molecule has 0 bridgehead atoms. The van der Waals surface area contributed by atoms with Crippen LogP contribution in [0.3, 0.4) is 0 Å². The normalized spacial score (nSPS) is 14.8. The van der Waals surface area contributed by atoms with Crippen LogP contribution in [0.1, 0.15) is 5.56 Å². The number of nitrogens with zero attached hydrogens (tertiary/aromatic N) is 7. The lowest BCUT2D eigenvalue weighted by Crippen LogP contribution is -2.48. The van der Waals surface area contributed by atoms with Gasteiger partial charge in [0, 0.05) is 44.8 Å². The van der Waals surface area contributed by atoms with Crippen LogP contribution in [0.15, 0.2) is 48.5 Å². The Morgan fingerprint density at radius 2 is 1.78 bits per heavy atom. The number of rotatable bonds is 7. The van der Waals surface area contributed by atoms with E-state index in [1.807, 2.05) is 30.3 Å². The molecular weight excluding hydrogens is 479 g/mol. The maximum Gasteiger partial charge on any atom is 0.228 e. The maximum atomic E-state index is 14.0. The van der Waals surface area contributed by atoms with Gasteiger partial charge >= 0.3 is 0 Å². The van der Waals surface area contributed by atoms with Crippen LogP contribution >= 0.6 is 11.6 Å². The number of hydrogen-bond acceptors (Lipinski definition) is 7. The molecule has 1 fully saturated rings. The summed E-state index contributed by atoms with van der Waals surface area (Å²) in [6, 6.07) is 14.6. The largest absolute Gasteiger partial charge is 0.383 e. The summed E-state index contributed by atoms with van der Waals surface area (Å²) in [5, 5.41) is 5.42. The third kappa shape index (κ3) is 5.13. The first kappa shape index (κ1) is 24.4. The minimum Gasteiger partial charge on any atom is -0.383 e. The van der Waals surface area contributed by atoms with E-state index in [0.29, 0.717) is 40.6 Å². The van der Waals surface area contributed by atoms with E-state index in [1.165, 1.54) is 6.07 Å². The van der Waals surface area contributed by atoms with E-state index < -0.39 is 5.82 Å². The van der Waals surface area contributed by atoms with Crippen molar-refractivity contribution in [2.75, 3.05) is 64.0 Å². The number of nitrogen functional groups attached to an aromatic ring is 1. The Kier molecular flexibility index (Phi) is 7.04. The quantitative estimate of drug-likeness (QED) is 0.408. The molecule has 0 saturated carbocycles. The van der Waals surface area contributed by atoms with E-state index in [-0.39, 0.29) is 5.02 Å². The first-order chi connectivity index (χ1) is 17.4. The van der Waals surface area contributed by atoms with Crippen LogP contribution in [0.4, 0.5) is 16.2 Å². The SMILES string of the molecule is CN(C)CCN1CCN(c2nc(-c3ccc(F)c(Cl)c3)c3c(N)n(Cc4ccccc4)nc3n2)CC1. The Bertz CT molecular complexity index is 1350. The lowest BCUT2D eigenvalue weighted by Gasteiger charge is -2.35. The van der Waals surface area contributed by atoms with Crippen molar-refractivity contribution in [3.8, 4) is 11.3 Å². The zero-order valence-corrected chi connectivity index (χ0v) is 21.3. The van der Waals surface area contributed by atoms with E-state index in [2.05, 4.69) is 28.8 Å². The van der Waals surface area contributed by atoms with Crippen LogP contribution in [0, 0.1) is 5.82 Å². The molecule has 36 heavy (non-hydrogen) atoms. The highest BCUT2D eigenvalue weighted by Crippen LogP contribution is 2.34. The average Bonchev–Trinajstić information content (AvgIpc) is 3.19. The molecule has 2 aromatic heterocycles. The summed E-state index contributed by atoms with van der Waals surface area (Å²) in [5.41, 5.74) is 9.45. The van der Waals surface area contributed by atoms with Crippen molar-refractivity contribution in [3.63, 3.8) is 0 Å². The standard InChI is InChI=1S/C26H30ClFN8/c1-33(2)10-11-34-12-14-35(15-13-34)26-30-23(19-8-9-21(28)20(27)16-19)22-24(29)36(32-25(22)31-26)17-18-6-4-3-5-7-18/h3-9,16H,10-15,17,29H2,1-2H3. The average molecular weight is 509 g/mol. The van der Waals surface area contributed by atoms with Gasteiger partial charge in [0.25, 0.3) is 0 Å². The van der Waals surface area contributed by atoms with Gasteiger partial charge in [-0.05, 0) is 37.9 Å². The number of likely N-dealkylation sites (N-methyl/N-ethyl adjacent to an activating group) is 1. The predicted octanol–water partition coefficient (Wildman–Crippen LogP) is 3.60. The summed E-state index contributed by atoms with van der Waals surface area (Å²) in [7, 11) is 4.18. The second-order valence-electron chi connectivity index (χ2n) is 9.36. The van der Waals surface area contributed by atoms with E-state index >= 15 is 0 Å². The molecule has 1 saturated heterocycles. The minimum atomic E-state index is -0.479. The van der Waals surface area contributed by atoms with Crippen molar-refractivity contribution in [2.45, 2.75) is 6.54 Å². The molecule has 0 amide bonds. The van der Waals surface area contributed by atoms with E-state index in [0.717, 1.165) is 44.8 Å². The summed E-state index contributed by atoms with van der Waals surface area (Å²) in [6.07, 6.45) is 0.